The number of nitrogens with one attached hydrogen (secondary N) is 1. The quantitative estimate of drug-likeness (QED) is 0.816. The van der Waals surface area contributed by atoms with Crippen molar-refractivity contribution in [2.45, 2.75) is 43.0 Å². The number of amides is 2. The van der Waals surface area contributed by atoms with Gasteiger partial charge in [-0.2, -0.15) is 4.31 Å². The van der Waals surface area contributed by atoms with E-state index in [4.69, 9.17) is 23.2 Å². The van der Waals surface area contributed by atoms with Crippen LogP contribution in [-0.2, 0) is 10.0 Å². The van der Waals surface area contributed by atoms with E-state index >= 15 is 0 Å². The number of hydrogen-bond donors (Lipinski definition) is 1. The van der Waals surface area contributed by atoms with E-state index < -0.39 is 10.0 Å². The number of sulfonamides is 1. The number of benzene rings is 1. The minimum Gasteiger partial charge on any atom is -0.335 e. The second-order valence-electron chi connectivity index (χ2n) is 6.73. The maximum absolute atomic E-state index is 12.9. The summed E-state index contributed by atoms with van der Waals surface area (Å²) in [6.07, 6.45) is 5.56. The maximum atomic E-state index is 12.9. The van der Waals surface area contributed by atoms with Crippen LogP contribution in [0.1, 0.15) is 32.1 Å². The minimum atomic E-state index is -3.79. The highest BCUT2D eigenvalue weighted by Gasteiger charge is 2.33. The van der Waals surface area contributed by atoms with Crippen LogP contribution < -0.4 is 5.32 Å². The zero-order chi connectivity index (χ0) is 18.7. The smallest absolute Gasteiger partial charge is 0.317 e. The van der Waals surface area contributed by atoms with Crippen LogP contribution in [0.2, 0.25) is 10.0 Å². The Morgan fingerprint density at radius 2 is 1.58 bits per heavy atom. The van der Waals surface area contributed by atoms with E-state index in [0.29, 0.717) is 13.1 Å². The molecule has 2 fully saturated rings. The lowest BCUT2D eigenvalue weighted by Gasteiger charge is -2.35. The number of nitrogens with zero attached hydrogens (tertiary/aromatic N) is 2. The topological polar surface area (TPSA) is 69.7 Å². The van der Waals surface area contributed by atoms with Gasteiger partial charge in [-0.05, 0) is 25.0 Å². The lowest BCUT2D eigenvalue weighted by atomic mass is 9.96. The molecule has 6 nitrogen and oxygen atoms in total. The van der Waals surface area contributed by atoms with Crippen molar-refractivity contribution in [1.82, 2.24) is 14.5 Å². The van der Waals surface area contributed by atoms with Gasteiger partial charge in [-0.1, -0.05) is 48.5 Å². The zero-order valence-electron chi connectivity index (χ0n) is 14.5. The van der Waals surface area contributed by atoms with Crippen molar-refractivity contribution in [3.05, 3.63) is 28.2 Å². The second-order valence-corrected chi connectivity index (χ2v) is 9.42. The van der Waals surface area contributed by atoms with E-state index in [1.54, 1.807) is 11.0 Å². The summed E-state index contributed by atoms with van der Waals surface area (Å²) >= 11 is 12.1. The Labute approximate surface area is 164 Å². The Kier molecular flexibility index (Phi) is 6.33. The number of carbonyl (C=O) groups excluding carboxylic acids is 1. The van der Waals surface area contributed by atoms with Gasteiger partial charge in [-0.25, -0.2) is 13.2 Å². The average Bonchev–Trinajstić information content (AvgIpc) is 2.62. The van der Waals surface area contributed by atoms with Gasteiger partial charge in [0.05, 0.1) is 10.0 Å². The van der Waals surface area contributed by atoms with Gasteiger partial charge in [0.25, 0.3) is 0 Å². The first-order valence-corrected chi connectivity index (χ1v) is 11.1. The molecule has 1 aliphatic carbocycles. The van der Waals surface area contributed by atoms with Crippen LogP contribution in [-0.4, -0.2) is 55.9 Å². The van der Waals surface area contributed by atoms with Crippen molar-refractivity contribution in [3.63, 3.8) is 0 Å². The van der Waals surface area contributed by atoms with Crippen LogP contribution in [0.5, 0.6) is 0 Å². The third-order valence-electron chi connectivity index (χ3n) is 4.98. The molecule has 144 valence electrons. The summed E-state index contributed by atoms with van der Waals surface area (Å²) in [5.41, 5.74) is 0. The van der Waals surface area contributed by atoms with E-state index in [9.17, 15) is 13.2 Å². The highest BCUT2D eigenvalue weighted by molar-refractivity contribution is 7.89. The van der Waals surface area contributed by atoms with Crippen LogP contribution in [0.3, 0.4) is 0 Å². The molecule has 2 aliphatic rings. The molecular formula is C17H23Cl2N3O3S. The molecular weight excluding hydrogens is 397 g/mol. The monoisotopic (exact) mass is 419 g/mol. The molecule has 1 saturated carbocycles. The fourth-order valence-electron chi connectivity index (χ4n) is 3.50. The summed E-state index contributed by atoms with van der Waals surface area (Å²) < 4.78 is 27.1. The Morgan fingerprint density at radius 1 is 1.00 bits per heavy atom. The third-order valence-corrected chi connectivity index (χ3v) is 7.83. The molecule has 1 aromatic carbocycles. The summed E-state index contributed by atoms with van der Waals surface area (Å²) in [6.45, 7) is 1.14. The minimum absolute atomic E-state index is 0.0663. The summed E-state index contributed by atoms with van der Waals surface area (Å²) in [4.78, 5) is 14.0. The van der Waals surface area contributed by atoms with E-state index in [-0.39, 0.29) is 40.1 Å². The van der Waals surface area contributed by atoms with Crippen molar-refractivity contribution in [2.24, 2.45) is 0 Å². The third kappa shape index (κ3) is 4.27. The molecule has 1 saturated heterocycles. The predicted octanol–water partition coefficient (Wildman–Crippen LogP) is 3.34. The second kappa shape index (κ2) is 8.33. The lowest BCUT2D eigenvalue weighted by Crippen LogP contribution is -2.54. The first kappa shape index (κ1) is 19.7. The average molecular weight is 420 g/mol. The van der Waals surface area contributed by atoms with E-state index in [1.807, 2.05) is 0 Å². The first-order valence-electron chi connectivity index (χ1n) is 8.89. The lowest BCUT2D eigenvalue weighted by molar-refractivity contribution is 0.166. The standard InChI is InChI=1S/C17H23Cl2N3O3S/c18-14-7-4-8-15(19)16(14)26(24,25)22-11-9-21(10-12-22)17(23)20-13-5-2-1-3-6-13/h4,7-8,13H,1-3,5-6,9-12H2,(H,20,23). The van der Waals surface area contributed by atoms with Gasteiger partial charge >= 0.3 is 6.03 Å². The molecule has 0 spiro atoms. The number of urea groups is 1. The zero-order valence-corrected chi connectivity index (χ0v) is 16.8. The molecule has 1 heterocycles. The number of piperazine rings is 1. The van der Waals surface area contributed by atoms with Crippen LogP contribution >= 0.6 is 23.2 Å². The van der Waals surface area contributed by atoms with Crippen molar-refractivity contribution in [2.75, 3.05) is 26.2 Å². The summed E-state index contributed by atoms with van der Waals surface area (Å²) in [5.74, 6) is 0. The van der Waals surface area contributed by atoms with Gasteiger partial charge in [-0.3, -0.25) is 0 Å². The van der Waals surface area contributed by atoms with E-state index in [1.165, 1.54) is 22.9 Å². The molecule has 0 radical (unpaired) electrons. The van der Waals surface area contributed by atoms with Gasteiger partial charge in [0.15, 0.2) is 0 Å². The highest BCUT2D eigenvalue weighted by Crippen LogP contribution is 2.31. The van der Waals surface area contributed by atoms with Crippen molar-refractivity contribution >= 4 is 39.3 Å². The summed E-state index contributed by atoms with van der Waals surface area (Å²) in [5, 5.41) is 3.28. The Hall–Kier alpha value is -1.02. The largest absolute Gasteiger partial charge is 0.335 e. The van der Waals surface area contributed by atoms with Crippen LogP contribution in [0.25, 0.3) is 0 Å². The van der Waals surface area contributed by atoms with E-state index in [2.05, 4.69) is 5.32 Å². The van der Waals surface area contributed by atoms with Crippen molar-refractivity contribution in [1.29, 1.82) is 0 Å². The van der Waals surface area contributed by atoms with Crippen molar-refractivity contribution in [3.8, 4) is 0 Å². The molecule has 26 heavy (non-hydrogen) atoms. The van der Waals surface area contributed by atoms with Crippen LogP contribution in [0.4, 0.5) is 4.79 Å². The molecule has 0 atom stereocenters. The molecule has 2 amide bonds. The molecule has 0 aromatic heterocycles. The SMILES string of the molecule is O=C(NC1CCCCC1)N1CCN(S(=O)(=O)c2c(Cl)cccc2Cl)CC1. The van der Waals surface area contributed by atoms with Gasteiger partial charge in [-0.15, -0.1) is 0 Å². The van der Waals surface area contributed by atoms with Gasteiger partial charge in [0, 0.05) is 32.2 Å². The number of carbonyl (C=O) groups is 1. The van der Waals surface area contributed by atoms with Crippen LogP contribution in [0, 0.1) is 0 Å². The Balaban J connectivity index is 1.61. The summed E-state index contributed by atoms with van der Waals surface area (Å²) in [6, 6.07) is 4.75. The predicted molar refractivity (Wildman–Crippen MR) is 102 cm³/mol. The highest BCUT2D eigenvalue weighted by atomic mass is 35.5. The van der Waals surface area contributed by atoms with Gasteiger partial charge in [0.2, 0.25) is 10.0 Å². The van der Waals surface area contributed by atoms with Crippen LogP contribution in [0.15, 0.2) is 23.1 Å². The molecule has 1 aromatic rings. The number of rotatable bonds is 3. The number of hydrogen-bond acceptors (Lipinski definition) is 3. The normalized spacial score (nSPS) is 20.2. The van der Waals surface area contributed by atoms with E-state index in [0.717, 1.165) is 25.7 Å². The summed E-state index contributed by atoms with van der Waals surface area (Å²) in [7, 11) is -3.79. The molecule has 1 N–H and O–H groups in total. The molecule has 9 heteroatoms. The molecule has 0 bridgehead atoms. The number of halogens is 2. The maximum Gasteiger partial charge on any atom is 0.317 e. The fourth-order valence-corrected chi connectivity index (χ4v) is 6.02. The first-order chi connectivity index (χ1) is 12.4. The Morgan fingerprint density at radius 3 is 2.15 bits per heavy atom. The molecule has 1 aliphatic heterocycles. The fraction of sp³-hybridized carbons (Fsp3) is 0.588. The molecule has 3 rings (SSSR count). The Bertz CT molecular complexity index is 738. The molecule has 0 unspecified atom stereocenters. The van der Waals surface area contributed by atoms with Gasteiger partial charge < -0.3 is 10.2 Å². The van der Waals surface area contributed by atoms with Gasteiger partial charge in [0.1, 0.15) is 4.90 Å². The van der Waals surface area contributed by atoms with Crippen molar-refractivity contribution < 1.29 is 13.2 Å².